The minimum Gasteiger partial charge on any atom is -0.478 e. The van der Waals surface area contributed by atoms with E-state index in [1.54, 1.807) is 0 Å². The topological polar surface area (TPSA) is 42.5 Å². The smallest absolute Gasteiger partial charge is 0.139 e. The largest absolute Gasteiger partial charge is 0.478 e. The maximum atomic E-state index is 5.50. The van der Waals surface area contributed by atoms with Gasteiger partial charge in [-0.2, -0.15) is 0 Å². The average molecular weight is 192 g/mol. The van der Waals surface area contributed by atoms with E-state index in [-0.39, 0.29) is 0 Å². The lowest BCUT2D eigenvalue weighted by Crippen LogP contribution is -2.31. The van der Waals surface area contributed by atoms with Crippen LogP contribution in [0.3, 0.4) is 0 Å². The number of rotatable bonds is 0. The third kappa shape index (κ3) is 1.15. The molecular formula is C10H12N2O2. The molecule has 0 bridgehead atoms. The fourth-order valence-electron chi connectivity index (χ4n) is 1.92. The molecule has 0 unspecified atom stereocenters. The zero-order valence-electron chi connectivity index (χ0n) is 7.80. The second-order valence-corrected chi connectivity index (χ2v) is 3.45. The standard InChI is InChI=1S/C10H12N2O2/c1-2-10-8(4-12-6-14-10)7-3-11-5-13-9(1)7/h1-2,11-12H,3-6H2. The quantitative estimate of drug-likeness (QED) is 0.630. The predicted molar refractivity (Wildman–Crippen MR) is 51.1 cm³/mol. The van der Waals surface area contributed by atoms with Crippen LogP contribution in [-0.4, -0.2) is 13.5 Å². The van der Waals surface area contributed by atoms with Crippen LogP contribution in [0.1, 0.15) is 11.1 Å². The van der Waals surface area contributed by atoms with Crippen molar-refractivity contribution < 1.29 is 9.47 Å². The molecule has 0 aliphatic carbocycles. The molecule has 1 aromatic carbocycles. The van der Waals surface area contributed by atoms with Crippen molar-refractivity contribution in [1.82, 2.24) is 10.6 Å². The van der Waals surface area contributed by atoms with Gasteiger partial charge < -0.3 is 9.47 Å². The molecule has 4 nitrogen and oxygen atoms in total. The number of benzene rings is 1. The van der Waals surface area contributed by atoms with Crippen LogP contribution >= 0.6 is 0 Å². The molecule has 14 heavy (non-hydrogen) atoms. The van der Waals surface area contributed by atoms with Crippen LogP contribution in [-0.2, 0) is 13.1 Å². The van der Waals surface area contributed by atoms with Crippen LogP contribution in [0.2, 0.25) is 0 Å². The molecule has 0 amide bonds. The van der Waals surface area contributed by atoms with Gasteiger partial charge in [0.2, 0.25) is 0 Å². The molecule has 3 rings (SSSR count). The molecular weight excluding hydrogens is 180 g/mol. The molecule has 0 saturated carbocycles. The third-order valence-corrected chi connectivity index (χ3v) is 2.61. The van der Waals surface area contributed by atoms with Gasteiger partial charge in [0.15, 0.2) is 0 Å². The van der Waals surface area contributed by atoms with Gasteiger partial charge in [0.25, 0.3) is 0 Å². The summed E-state index contributed by atoms with van der Waals surface area (Å²) in [4.78, 5) is 0. The van der Waals surface area contributed by atoms with Crippen molar-refractivity contribution in [2.75, 3.05) is 13.5 Å². The Morgan fingerprint density at radius 1 is 0.857 bits per heavy atom. The molecule has 4 heteroatoms. The molecule has 0 aromatic heterocycles. The Kier molecular flexibility index (Phi) is 1.82. The molecule has 2 aliphatic rings. The van der Waals surface area contributed by atoms with E-state index in [0.29, 0.717) is 13.5 Å². The van der Waals surface area contributed by atoms with Crippen molar-refractivity contribution in [3.05, 3.63) is 23.3 Å². The Hall–Kier alpha value is -1.26. The van der Waals surface area contributed by atoms with Gasteiger partial charge in [-0.3, -0.25) is 10.6 Å². The second kappa shape index (κ2) is 3.15. The van der Waals surface area contributed by atoms with Crippen LogP contribution in [0.5, 0.6) is 11.5 Å². The van der Waals surface area contributed by atoms with Crippen LogP contribution in [0.25, 0.3) is 0 Å². The first kappa shape index (κ1) is 8.08. The Morgan fingerprint density at radius 3 is 1.86 bits per heavy atom. The summed E-state index contributed by atoms with van der Waals surface area (Å²) in [6, 6.07) is 3.97. The maximum Gasteiger partial charge on any atom is 0.139 e. The van der Waals surface area contributed by atoms with E-state index in [1.165, 1.54) is 11.1 Å². The maximum absolute atomic E-state index is 5.50. The van der Waals surface area contributed by atoms with Gasteiger partial charge in [0.1, 0.15) is 25.0 Å². The molecule has 2 heterocycles. The zero-order chi connectivity index (χ0) is 9.38. The van der Waals surface area contributed by atoms with Gasteiger partial charge in [-0.25, -0.2) is 0 Å². The zero-order valence-corrected chi connectivity index (χ0v) is 7.80. The lowest BCUT2D eigenvalue weighted by Gasteiger charge is -2.26. The van der Waals surface area contributed by atoms with Gasteiger partial charge in [0, 0.05) is 24.2 Å². The van der Waals surface area contributed by atoms with Gasteiger partial charge in [-0.15, -0.1) is 0 Å². The molecule has 74 valence electrons. The van der Waals surface area contributed by atoms with Crippen molar-refractivity contribution in [3.63, 3.8) is 0 Å². The Morgan fingerprint density at radius 2 is 1.36 bits per heavy atom. The summed E-state index contributed by atoms with van der Waals surface area (Å²) < 4.78 is 11.0. The molecule has 0 saturated heterocycles. The number of fused-ring (bicyclic) bond motifs is 3. The fourth-order valence-corrected chi connectivity index (χ4v) is 1.92. The van der Waals surface area contributed by atoms with Gasteiger partial charge in [-0.05, 0) is 12.1 Å². The molecule has 1 aromatic rings. The normalized spacial score (nSPS) is 18.9. The Bertz CT molecular complexity index is 330. The molecule has 0 spiro atoms. The van der Waals surface area contributed by atoms with Crippen LogP contribution in [0.15, 0.2) is 12.1 Å². The van der Waals surface area contributed by atoms with Crippen molar-refractivity contribution in [1.29, 1.82) is 0 Å². The van der Waals surface area contributed by atoms with Crippen molar-refractivity contribution in [2.24, 2.45) is 0 Å². The number of hydrogen-bond acceptors (Lipinski definition) is 4. The highest BCUT2D eigenvalue weighted by molar-refractivity contribution is 5.49. The number of ether oxygens (including phenoxy) is 2. The highest BCUT2D eigenvalue weighted by atomic mass is 16.5. The van der Waals surface area contributed by atoms with Crippen molar-refractivity contribution in [3.8, 4) is 11.5 Å². The van der Waals surface area contributed by atoms with Crippen LogP contribution in [0.4, 0.5) is 0 Å². The van der Waals surface area contributed by atoms with E-state index < -0.39 is 0 Å². The average Bonchev–Trinajstić information content (AvgIpc) is 2.29. The van der Waals surface area contributed by atoms with E-state index in [2.05, 4.69) is 10.6 Å². The fraction of sp³-hybridized carbons (Fsp3) is 0.400. The van der Waals surface area contributed by atoms with E-state index in [1.807, 2.05) is 12.1 Å². The summed E-state index contributed by atoms with van der Waals surface area (Å²) >= 11 is 0. The SMILES string of the molecule is c1cc2c(c3c1OCNC3)CNCO2. The Balaban J connectivity index is 2.12. The lowest BCUT2D eigenvalue weighted by molar-refractivity contribution is 0.238. The predicted octanol–water partition coefficient (Wildman–Crippen LogP) is 0.566. The number of nitrogens with one attached hydrogen (secondary N) is 2. The van der Waals surface area contributed by atoms with E-state index in [0.717, 1.165) is 24.6 Å². The first-order chi connectivity index (χ1) is 6.95. The summed E-state index contributed by atoms with van der Waals surface area (Å²) in [5.41, 5.74) is 2.45. The summed E-state index contributed by atoms with van der Waals surface area (Å²) in [5, 5.41) is 6.37. The molecule has 2 N–H and O–H groups in total. The molecule has 0 fully saturated rings. The minimum absolute atomic E-state index is 0.597. The van der Waals surface area contributed by atoms with E-state index >= 15 is 0 Å². The van der Waals surface area contributed by atoms with Crippen molar-refractivity contribution >= 4 is 0 Å². The summed E-state index contributed by atoms with van der Waals surface area (Å²) in [5.74, 6) is 1.96. The van der Waals surface area contributed by atoms with Gasteiger partial charge in [0.05, 0.1) is 0 Å². The van der Waals surface area contributed by atoms with Crippen LogP contribution in [0, 0.1) is 0 Å². The molecule has 0 radical (unpaired) electrons. The summed E-state index contributed by atoms with van der Waals surface area (Å²) in [6.07, 6.45) is 0. The van der Waals surface area contributed by atoms with Crippen LogP contribution < -0.4 is 20.1 Å². The highest BCUT2D eigenvalue weighted by Crippen LogP contribution is 2.33. The first-order valence-corrected chi connectivity index (χ1v) is 4.77. The van der Waals surface area contributed by atoms with E-state index in [9.17, 15) is 0 Å². The van der Waals surface area contributed by atoms with Gasteiger partial charge >= 0.3 is 0 Å². The summed E-state index contributed by atoms with van der Waals surface area (Å²) in [7, 11) is 0. The van der Waals surface area contributed by atoms with Crippen molar-refractivity contribution in [2.45, 2.75) is 13.1 Å². The lowest BCUT2D eigenvalue weighted by atomic mass is 10.0. The monoisotopic (exact) mass is 192 g/mol. The van der Waals surface area contributed by atoms with E-state index in [4.69, 9.17) is 9.47 Å². The first-order valence-electron chi connectivity index (χ1n) is 4.77. The highest BCUT2D eigenvalue weighted by Gasteiger charge is 2.19. The summed E-state index contributed by atoms with van der Waals surface area (Å²) in [6.45, 7) is 2.92. The second-order valence-electron chi connectivity index (χ2n) is 3.45. The van der Waals surface area contributed by atoms with Gasteiger partial charge in [-0.1, -0.05) is 0 Å². The third-order valence-electron chi connectivity index (χ3n) is 2.61. The molecule has 2 aliphatic heterocycles. The minimum atomic E-state index is 0.597. The number of hydrogen-bond donors (Lipinski definition) is 2. The Labute approximate surface area is 82.2 Å². The molecule has 0 atom stereocenters.